The fourth-order valence-electron chi connectivity index (χ4n) is 3.38. The van der Waals surface area contributed by atoms with Gasteiger partial charge in [-0.05, 0) is 66.0 Å². The maximum Gasteiger partial charge on any atom is 0.0608 e. The molecule has 0 radical (unpaired) electrons. The third-order valence-corrected chi connectivity index (χ3v) is 5.47. The van der Waals surface area contributed by atoms with Crippen LogP contribution >= 0.6 is 11.3 Å². The molecule has 0 amide bonds. The molecule has 0 spiro atoms. The van der Waals surface area contributed by atoms with Gasteiger partial charge in [-0.25, -0.2) is 0 Å². The second kappa shape index (κ2) is 8.92. The van der Waals surface area contributed by atoms with E-state index in [1.807, 2.05) is 0 Å². The molecule has 1 fully saturated rings. The summed E-state index contributed by atoms with van der Waals surface area (Å²) in [5.74, 6) is 2.33. The molecule has 21 heavy (non-hydrogen) atoms. The highest BCUT2D eigenvalue weighted by atomic mass is 32.1. The van der Waals surface area contributed by atoms with Gasteiger partial charge < -0.3 is 10.1 Å². The Balaban J connectivity index is 1.60. The van der Waals surface area contributed by atoms with Crippen molar-refractivity contribution in [2.45, 2.75) is 52.6 Å². The summed E-state index contributed by atoms with van der Waals surface area (Å²) in [5, 5.41) is 7.88. The molecule has 1 saturated carbocycles. The highest BCUT2D eigenvalue weighted by molar-refractivity contribution is 7.07. The monoisotopic (exact) mass is 309 g/mol. The minimum Gasteiger partial charge on any atom is -0.377 e. The topological polar surface area (TPSA) is 21.3 Å². The van der Waals surface area contributed by atoms with Crippen LogP contribution in [0.25, 0.3) is 0 Å². The Morgan fingerprint density at radius 2 is 2.19 bits per heavy atom. The second-order valence-corrected chi connectivity index (χ2v) is 7.65. The lowest BCUT2D eigenvalue weighted by molar-refractivity contribution is -0.0366. The second-order valence-electron chi connectivity index (χ2n) is 6.87. The number of nitrogens with one attached hydrogen (secondary N) is 1. The Hall–Kier alpha value is -0.380. The summed E-state index contributed by atoms with van der Waals surface area (Å²) in [6.45, 7) is 9.93. The summed E-state index contributed by atoms with van der Waals surface area (Å²) in [6.07, 6.45) is 5.57. The van der Waals surface area contributed by atoms with Crippen LogP contribution in [-0.2, 0) is 11.2 Å². The van der Waals surface area contributed by atoms with E-state index in [2.05, 4.69) is 42.9 Å². The average Bonchev–Trinajstić information content (AvgIpc) is 2.95. The van der Waals surface area contributed by atoms with Crippen LogP contribution in [0.1, 0.15) is 45.6 Å². The van der Waals surface area contributed by atoms with E-state index in [-0.39, 0.29) is 0 Å². The highest BCUT2D eigenvalue weighted by Crippen LogP contribution is 2.35. The number of rotatable bonds is 8. The zero-order valence-electron chi connectivity index (χ0n) is 13.8. The van der Waals surface area contributed by atoms with Crippen LogP contribution in [0.3, 0.4) is 0 Å². The van der Waals surface area contributed by atoms with Crippen LogP contribution in [-0.4, -0.2) is 25.8 Å². The molecular formula is C18H31NOS. The Bertz CT molecular complexity index is 377. The van der Waals surface area contributed by atoms with Crippen molar-refractivity contribution in [3.8, 4) is 0 Å². The van der Waals surface area contributed by atoms with E-state index in [9.17, 15) is 0 Å². The lowest BCUT2D eigenvalue weighted by Crippen LogP contribution is -2.36. The molecule has 0 aliphatic heterocycles. The molecule has 3 heteroatoms. The molecule has 1 heterocycles. The van der Waals surface area contributed by atoms with E-state index in [4.69, 9.17) is 4.74 Å². The van der Waals surface area contributed by atoms with Crippen LogP contribution in [0.15, 0.2) is 16.8 Å². The molecule has 1 N–H and O–H groups in total. The third-order valence-electron chi connectivity index (χ3n) is 4.74. The quantitative estimate of drug-likeness (QED) is 0.721. The first-order valence-electron chi connectivity index (χ1n) is 8.50. The van der Waals surface area contributed by atoms with Gasteiger partial charge in [0, 0.05) is 6.54 Å². The van der Waals surface area contributed by atoms with E-state index in [0.717, 1.165) is 43.9 Å². The molecule has 120 valence electrons. The summed E-state index contributed by atoms with van der Waals surface area (Å²) >= 11 is 1.78. The van der Waals surface area contributed by atoms with Gasteiger partial charge in [0.1, 0.15) is 0 Å². The zero-order valence-corrected chi connectivity index (χ0v) is 14.6. The van der Waals surface area contributed by atoms with Crippen molar-refractivity contribution in [3.05, 3.63) is 22.4 Å². The first-order valence-corrected chi connectivity index (χ1v) is 9.44. The molecular weight excluding hydrogens is 278 g/mol. The van der Waals surface area contributed by atoms with Crippen molar-refractivity contribution >= 4 is 11.3 Å². The Kier molecular flexibility index (Phi) is 7.21. The summed E-state index contributed by atoms with van der Waals surface area (Å²) in [5.41, 5.74) is 1.44. The predicted molar refractivity (Wildman–Crippen MR) is 92.0 cm³/mol. The van der Waals surface area contributed by atoms with Crippen molar-refractivity contribution in [3.63, 3.8) is 0 Å². The standard InChI is InChI=1S/C18H31NOS/c1-14(2)17-5-4-15(3)12-18(17)20-10-9-19-8-6-16-7-11-21-13-16/h7,11,13-15,17-19H,4-6,8-10,12H2,1-3H3. The lowest BCUT2D eigenvalue weighted by atomic mass is 9.75. The number of hydrogen-bond acceptors (Lipinski definition) is 3. The van der Waals surface area contributed by atoms with Crippen molar-refractivity contribution in [2.75, 3.05) is 19.7 Å². The fraction of sp³-hybridized carbons (Fsp3) is 0.778. The molecule has 1 aromatic rings. The third kappa shape index (κ3) is 5.72. The van der Waals surface area contributed by atoms with Gasteiger partial charge >= 0.3 is 0 Å². The summed E-state index contributed by atoms with van der Waals surface area (Å²) in [4.78, 5) is 0. The van der Waals surface area contributed by atoms with E-state index >= 15 is 0 Å². The van der Waals surface area contributed by atoms with Crippen LogP contribution < -0.4 is 5.32 Å². The SMILES string of the molecule is CC1CCC(C(C)C)C(OCCNCCc2ccsc2)C1. The predicted octanol–water partition coefficient (Wildman–Crippen LogP) is 4.36. The summed E-state index contributed by atoms with van der Waals surface area (Å²) in [7, 11) is 0. The first-order chi connectivity index (χ1) is 10.2. The molecule has 0 bridgehead atoms. The number of thiophene rings is 1. The molecule has 1 aliphatic rings. The molecule has 2 nitrogen and oxygen atoms in total. The van der Waals surface area contributed by atoms with E-state index < -0.39 is 0 Å². The van der Waals surface area contributed by atoms with Crippen molar-refractivity contribution in [2.24, 2.45) is 17.8 Å². The molecule has 3 atom stereocenters. The van der Waals surface area contributed by atoms with Crippen LogP contribution in [0.5, 0.6) is 0 Å². The number of ether oxygens (including phenoxy) is 1. The van der Waals surface area contributed by atoms with Gasteiger partial charge in [-0.3, -0.25) is 0 Å². The first kappa shape index (κ1) is 17.0. The number of hydrogen-bond donors (Lipinski definition) is 1. The highest BCUT2D eigenvalue weighted by Gasteiger charge is 2.31. The molecule has 1 aromatic heterocycles. The molecule has 1 aliphatic carbocycles. The van der Waals surface area contributed by atoms with Crippen molar-refractivity contribution in [1.82, 2.24) is 5.32 Å². The van der Waals surface area contributed by atoms with Gasteiger partial charge in [0.25, 0.3) is 0 Å². The minimum atomic E-state index is 0.479. The Morgan fingerprint density at radius 3 is 2.90 bits per heavy atom. The smallest absolute Gasteiger partial charge is 0.0608 e. The summed E-state index contributed by atoms with van der Waals surface area (Å²) < 4.78 is 6.20. The van der Waals surface area contributed by atoms with Gasteiger partial charge in [0.15, 0.2) is 0 Å². The van der Waals surface area contributed by atoms with Crippen LogP contribution in [0, 0.1) is 17.8 Å². The minimum absolute atomic E-state index is 0.479. The van der Waals surface area contributed by atoms with Crippen molar-refractivity contribution in [1.29, 1.82) is 0 Å². The van der Waals surface area contributed by atoms with Crippen LogP contribution in [0.2, 0.25) is 0 Å². The van der Waals surface area contributed by atoms with E-state index in [1.54, 1.807) is 11.3 Å². The largest absolute Gasteiger partial charge is 0.377 e. The van der Waals surface area contributed by atoms with Crippen molar-refractivity contribution < 1.29 is 4.74 Å². The Morgan fingerprint density at radius 1 is 1.33 bits per heavy atom. The molecule has 3 unspecified atom stereocenters. The van der Waals surface area contributed by atoms with Gasteiger partial charge in [-0.2, -0.15) is 11.3 Å². The fourth-order valence-corrected chi connectivity index (χ4v) is 4.08. The van der Waals surface area contributed by atoms with Gasteiger partial charge in [-0.15, -0.1) is 0 Å². The Labute approximate surface area is 134 Å². The zero-order chi connectivity index (χ0) is 15.1. The molecule has 0 saturated heterocycles. The van der Waals surface area contributed by atoms with Gasteiger partial charge in [0.05, 0.1) is 12.7 Å². The lowest BCUT2D eigenvalue weighted by Gasteiger charge is -2.37. The van der Waals surface area contributed by atoms with Gasteiger partial charge in [0.2, 0.25) is 0 Å². The van der Waals surface area contributed by atoms with Crippen LogP contribution in [0.4, 0.5) is 0 Å². The maximum atomic E-state index is 6.20. The normalized spacial score (nSPS) is 26.4. The molecule has 2 rings (SSSR count). The molecule has 0 aromatic carbocycles. The van der Waals surface area contributed by atoms with E-state index in [1.165, 1.54) is 24.8 Å². The average molecular weight is 310 g/mol. The van der Waals surface area contributed by atoms with Gasteiger partial charge in [-0.1, -0.05) is 27.2 Å². The maximum absolute atomic E-state index is 6.20. The van der Waals surface area contributed by atoms with E-state index in [0.29, 0.717) is 6.10 Å². The summed E-state index contributed by atoms with van der Waals surface area (Å²) in [6, 6.07) is 2.21.